The number of carbonyl (C=O) groups is 1. The van der Waals surface area contributed by atoms with Gasteiger partial charge in [0.25, 0.3) is 0 Å². The van der Waals surface area contributed by atoms with E-state index in [1.54, 1.807) is 19.2 Å². The number of benzene rings is 2. The summed E-state index contributed by atoms with van der Waals surface area (Å²) in [5.41, 5.74) is 9.23. The SMILES string of the molecule is CN=C(NCCc1c[nH]c2ccccc12)NCc1cccc(C(N)=O)c1. The minimum absolute atomic E-state index is 0.423. The van der Waals surface area contributed by atoms with Crippen LogP contribution in [-0.4, -0.2) is 30.4 Å². The van der Waals surface area contributed by atoms with Crippen LogP contribution in [0.5, 0.6) is 0 Å². The Kier molecular flexibility index (Phi) is 5.53. The van der Waals surface area contributed by atoms with E-state index < -0.39 is 5.91 Å². The summed E-state index contributed by atoms with van der Waals surface area (Å²) in [7, 11) is 1.74. The van der Waals surface area contributed by atoms with Gasteiger partial charge in [-0.3, -0.25) is 9.79 Å². The van der Waals surface area contributed by atoms with Gasteiger partial charge in [-0.2, -0.15) is 0 Å². The number of nitrogens with zero attached hydrogens (tertiary/aromatic N) is 1. The smallest absolute Gasteiger partial charge is 0.248 e. The summed E-state index contributed by atoms with van der Waals surface area (Å²) < 4.78 is 0. The molecule has 0 aliphatic heterocycles. The number of hydrogen-bond acceptors (Lipinski definition) is 2. The number of amides is 1. The molecular weight excluding hydrogens is 326 g/mol. The molecule has 2 aromatic carbocycles. The number of nitrogens with one attached hydrogen (secondary N) is 3. The molecule has 6 nitrogen and oxygen atoms in total. The largest absolute Gasteiger partial charge is 0.366 e. The van der Waals surface area contributed by atoms with Gasteiger partial charge >= 0.3 is 0 Å². The third-order valence-corrected chi connectivity index (χ3v) is 4.26. The topological polar surface area (TPSA) is 95.3 Å². The first-order chi connectivity index (χ1) is 12.7. The third-order valence-electron chi connectivity index (χ3n) is 4.26. The van der Waals surface area contributed by atoms with Gasteiger partial charge in [-0.1, -0.05) is 30.3 Å². The zero-order chi connectivity index (χ0) is 18.4. The lowest BCUT2D eigenvalue weighted by atomic mass is 10.1. The molecule has 0 saturated heterocycles. The van der Waals surface area contributed by atoms with E-state index in [1.165, 1.54) is 10.9 Å². The molecule has 5 N–H and O–H groups in total. The number of aliphatic imine (C=N–C) groups is 1. The molecule has 0 bridgehead atoms. The Hall–Kier alpha value is -3.28. The van der Waals surface area contributed by atoms with Crippen molar-refractivity contribution in [3.05, 3.63) is 71.4 Å². The summed E-state index contributed by atoms with van der Waals surface area (Å²) in [6.45, 7) is 1.33. The van der Waals surface area contributed by atoms with Crippen LogP contribution < -0.4 is 16.4 Å². The molecule has 0 atom stereocenters. The fourth-order valence-corrected chi connectivity index (χ4v) is 2.89. The van der Waals surface area contributed by atoms with E-state index >= 15 is 0 Å². The van der Waals surface area contributed by atoms with Crippen LogP contribution in [0.25, 0.3) is 10.9 Å². The number of guanidine groups is 1. The molecule has 26 heavy (non-hydrogen) atoms. The van der Waals surface area contributed by atoms with Gasteiger partial charge in [0, 0.05) is 42.8 Å². The first-order valence-corrected chi connectivity index (χ1v) is 8.55. The second-order valence-corrected chi connectivity index (χ2v) is 6.03. The van der Waals surface area contributed by atoms with Crippen LogP contribution in [-0.2, 0) is 13.0 Å². The summed E-state index contributed by atoms with van der Waals surface area (Å²) >= 11 is 0. The number of primary amides is 1. The molecule has 0 aliphatic carbocycles. The maximum Gasteiger partial charge on any atom is 0.248 e. The third kappa shape index (κ3) is 4.22. The van der Waals surface area contributed by atoms with Gasteiger partial charge in [0.05, 0.1) is 0 Å². The molecule has 1 amide bonds. The van der Waals surface area contributed by atoms with Crippen molar-refractivity contribution in [3.8, 4) is 0 Å². The number of hydrogen-bond donors (Lipinski definition) is 4. The van der Waals surface area contributed by atoms with Gasteiger partial charge in [0.15, 0.2) is 5.96 Å². The van der Waals surface area contributed by atoms with Gasteiger partial charge in [0.2, 0.25) is 5.91 Å². The molecule has 0 spiro atoms. The van der Waals surface area contributed by atoms with Gasteiger partial charge in [0.1, 0.15) is 0 Å². The fraction of sp³-hybridized carbons (Fsp3) is 0.200. The Morgan fingerprint density at radius 1 is 1.15 bits per heavy atom. The molecule has 3 aromatic rings. The molecule has 0 fully saturated rings. The zero-order valence-corrected chi connectivity index (χ0v) is 14.8. The molecule has 1 heterocycles. The van der Waals surface area contributed by atoms with E-state index in [1.807, 2.05) is 24.3 Å². The van der Waals surface area contributed by atoms with Crippen molar-refractivity contribution in [1.82, 2.24) is 15.6 Å². The fourth-order valence-electron chi connectivity index (χ4n) is 2.89. The zero-order valence-electron chi connectivity index (χ0n) is 14.8. The summed E-state index contributed by atoms with van der Waals surface area (Å²) in [5.74, 6) is 0.294. The van der Waals surface area contributed by atoms with Crippen LogP contribution in [0, 0.1) is 0 Å². The summed E-state index contributed by atoms with van der Waals surface area (Å²) in [6.07, 6.45) is 2.94. The molecule has 0 unspecified atom stereocenters. The first kappa shape index (κ1) is 17.5. The van der Waals surface area contributed by atoms with Crippen LogP contribution in [0.2, 0.25) is 0 Å². The summed E-state index contributed by atoms with van der Waals surface area (Å²) in [5, 5.41) is 7.81. The average Bonchev–Trinajstić information content (AvgIpc) is 3.08. The van der Waals surface area contributed by atoms with Crippen LogP contribution in [0.4, 0.5) is 0 Å². The van der Waals surface area contributed by atoms with Crippen molar-refractivity contribution in [1.29, 1.82) is 0 Å². The monoisotopic (exact) mass is 349 g/mol. The number of rotatable bonds is 6. The number of nitrogens with two attached hydrogens (primary N) is 1. The van der Waals surface area contributed by atoms with E-state index in [2.05, 4.69) is 38.9 Å². The van der Waals surface area contributed by atoms with Crippen molar-refractivity contribution in [3.63, 3.8) is 0 Å². The predicted octanol–water partition coefficient (Wildman–Crippen LogP) is 2.17. The summed E-state index contributed by atoms with van der Waals surface area (Å²) in [4.78, 5) is 18.8. The molecular formula is C20H23N5O. The number of para-hydroxylation sites is 1. The minimum atomic E-state index is -0.423. The van der Waals surface area contributed by atoms with E-state index in [0.717, 1.165) is 24.0 Å². The molecule has 6 heteroatoms. The number of carbonyl (C=O) groups excluding carboxylic acids is 1. The van der Waals surface area contributed by atoms with Crippen molar-refractivity contribution in [2.45, 2.75) is 13.0 Å². The maximum absolute atomic E-state index is 11.3. The number of H-pyrrole nitrogens is 1. The van der Waals surface area contributed by atoms with Crippen molar-refractivity contribution >= 4 is 22.8 Å². The normalized spacial score (nSPS) is 11.5. The Morgan fingerprint density at radius 2 is 2.00 bits per heavy atom. The van der Waals surface area contributed by atoms with Crippen LogP contribution in [0.1, 0.15) is 21.5 Å². The second kappa shape index (κ2) is 8.20. The average molecular weight is 349 g/mol. The number of aromatic amines is 1. The van der Waals surface area contributed by atoms with E-state index in [4.69, 9.17) is 5.73 Å². The number of aromatic nitrogens is 1. The lowest BCUT2D eigenvalue weighted by molar-refractivity contribution is 0.1000. The van der Waals surface area contributed by atoms with Crippen molar-refractivity contribution in [2.24, 2.45) is 10.7 Å². The predicted molar refractivity (Wildman–Crippen MR) is 105 cm³/mol. The van der Waals surface area contributed by atoms with Crippen LogP contribution >= 0.6 is 0 Å². The highest BCUT2D eigenvalue weighted by Gasteiger charge is 2.05. The standard InChI is InChI=1S/C20H23N5O/c1-22-20(25-12-14-5-4-6-15(11-14)19(21)26)23-10-9-16-13-24-18-8-3-2-7-17(16)18/h2-8,11,13,24H,9-10,12H2,1H3,(H2,21,26)(H2,22,23,25). The Bertz CT molecular complexity index is 929. The number of fused-ring (bicyclic) bond motifs is 1. The minimum Gasteiger partial charge on any atom is -0.366 e. The Morgan fingerprint density at radius 3 is 2.81 bits per heavy atom. The van der Waals surface area contributed by atoms with Crippen LogP contribution in [0.15, 0.2) is 59.7 Å². The molecule has 0 aliphatic rings. The molecule has 3 rings (SSSR count). The first-order valence-electron chi connectivity index (χ1n) is 8.55. The van der Waals surface area contributed by atoms with Gasteiger partial charge in [-0.15, -0.1) is 0 Å². The van der Waals surface area contributed by atoms with Crippen LogP contribution in [0.3, 0.4) is 0 Å². The highest BCUT2D eigenvalue weighted by Crippen LogP contribution is 2.17. The van der Waals surface area contributed by atoms with E-state index in [0.29, 0.717) is 18.1 Å². The second-order valence-electron chi connectivity index (χ2n) is 6.03. The van der Waals surface area contributed by atoms with Gasteiger partial charge < -0.3 is 21.4 Å². The van der Waals surface area contributed by atoms with E-state index in [9.17, 15) is 4.79 Å². The van der Waals surface area contributed by atoms with Crippen molar-refractivity contribution in [2.75, 3.05) is 13.6 Å². The Labute approximate surface area is 152 Å². The molecule has 0 saturated carbocycles. The molecule has 1 aromatic heterocycles. The highest BCUT2D eigenvalue weighted by atomic mass is 16.1. The van der Waals surface area contributed by atoms with Crippen molar-refractivity contribution < 1.29 is 4.79 Å². The van der Waals surface area contributed by atoms with Gasteiger partial charge in [-0.05, 0) is 35.7 Å². The summed E-state index contributed by atoms with van der Waals surface area (Å²) in [6, 6.07) is 15.5. The quantitative estimate of drug-likeness (QED) is 0.406. The Balaban J connectivity index is 1.52. The highest BCUT2D eigenvalue weighted by molar-refractivity contribution is 5.92. The lowest BCUT2D eigenvalue weighted by Crippen LogP contribution is -2.37. The maximum atomic E-state index is 11.3. The van der Waals surface area contributed by atoms with E-state index in [-0.39, 0.29) is 0 Å². The molecule has 134 valence electrons. The molecule has 0 radical (unpaired) electrons. The lowest BCUT2D eigenvalue weighted by Gasteiger charge is -2.12. The van der Waals surface area contributed by atoms with Gasteiger partial charge in [-0.25, -0.2) is 0 Å².